The van der Waals surface area contributed by atoms with Gasteiger partial charge in [0.1, 0.15) is 0 Å². The lowest BCUT2D eigenvalue weighted by atomic mass is 9.88. The molecule has 3 N–H and O–H groups in total. The molecule has 2 amide bonds. The molecule has 2 aromatic carbocycles. The number of fused-ring (bicyclic) bond motifs is 1. The number of hydrogen-bond acceptors (Lipinski definition) is 3. The van der Waals surface area contributed by atoms with Gasteiger partial charge in [0, 0.05) is 29.1 Å². The number of carbonyl (C=O) groups is 2. The Balaban J connectivity index is 1.56. The molecule has 1 aromatic heterocycles. The predicted octanol–water partition coefficient (Wildman–Crippen LogP) is 3.76. The zero-order valence-corrected chi connectivity index (χ0v) is 16.3. The second-order valence-corrected chi connectivity index (χ2v) is 7.50. The zero-order chi connectivity index (χ0) is 20.4. The molecule has 4 rings (SSSR count). The van der Waals surface area contributed by atoms with Crippen molar-refractivity contribution in [3.63, 3.8) is 0 Å². The van der Waals surface area contributed by atoms with Crippen molar-refractivity contribution >= 4 is 22.6 Å². The van der Waals surface area contributed by atoms with Crippen molar-refractivity contribution in [2.75, 3.05) is 0 Å². The molecular formula is C24H23N3O2. The summed E-state index contributed by atoms with van der Waals surface area (Å²) in [5.41, 5.74) is 9.18. The first kappa shape index (κ1) is 18.9. The Bertz CT molecular complexity index is 1100. The van der Waals surface area contributed by atoms with Gasteiger partial charge in [0.05, 0.1) is 5.92 Å². The van der Waals surface area contributed by atoms with Gasteiger partial charge in [0.2, 0.25) is 5.91 Å². The summed E-state index contributed by atoms with van der Waals surface area (Å²) in [7, 11) is 0. The van der Waals surface area contributed by atoms with E-state index in [1.807, 2.05) is 61.7 Å². The van der Waals surface area contributed by atoms with Gasteiger partial charge in [0.15, 0.2) is 0 Å². The van der Waals surface area contributed by atoms with Crippen LogP contribution in [-0.2, 0) is 4.79 Å². The summed E-state index contributed by atoms with van der Waals surface area (Å²) >= 11 is 0. The van der Waals surface area contributed by atoms with Crippen LogP contribution in [0.5, 0.6) is 0 Å². The molecule has 2 atom stereocenters. The minimum absolute atomic E-state index is 0.190. The van der Waals surface area contributed by atoms with Crippen LogP contribution in [0.15, 0.2) is 66.9 Å². The third-order valence-corrected chi connectivity index (χ3v) is 5.46. The fourth-order valence-electron chi connectivity index (χ4n) is 3.74. The van der Waals surface area contributed by atoms with Gasteiger partial charge in [-0.3, -0.25) is 14.6 Å². The molecule has 1 aliphatic carbocycles. The third kappa shape index (κ3) is 4.04. The van der Waals surface area contributed by atoms with Gasteiger partial charge >= 0.3 is 0 Å². The van der Waals surface area contributed by atoms with Crippen molar-refractivity contribution in [1.82, 2.24) is 10.3 Å². The van der Waals surface area contributed by atoms with Crippen molar-refractivity contribution in [2.24, 2.45) is 11.7 Å². The third-order valence-electron chi connectivity index (χ3n) is 5.46. The van der Waals surface area contributed by atoms with E-state index in [2.05, 4.69) is 22.4 Å². The number of allylic oxidation sites excluding steroid dienone is 1. The molecule has 0 saturated heterocycles. The smallest absolute Gasteiger partial charge is 0.251 e. The van der Waals surface area contributed by atoms with E-state index >= 15 is 0 Å². The van der Waals surface area contributed by atoms with E-state index in [9.17, 15) is 9.59 Å². The van der Waals surface area contributed by atoms with E-state index in [-0.39, 0.29) is 23.8 Å². The highest BCUT2D eigenvalue weighted by Gasteiger charge is 2.28. The van der Waals surface area contributed by atoms with E-state index in [0.29, 0.717) is 18.4 Å². The number of nitrogens with two attached hydrogens (primary N) is 1. The number of rotatable bonds is 4. The minimum Gasteiger partial charge on any atom is -0.369 e. The molecule has 0 aliphatic heterocycles. The van der Waals surface area contributed by atoms with Crippen molar-refractivity contribution in [3.05, 3.63) is 78.1 Å². The van der Waals surface area contributed by atoms with E-state index in [0.717, 1.165) is 27.6 Å². The highest BCUT2D eigenvalue weighted by molar-refractivity contribution is 5.99. The Morgan fingerprint density at radius 3 is 2.45 bits per heavy atom. The van der Waals surface area contributed by atoms with Gasteiger partial charge in [-0.05, 0) is 60.4 Å². The van der Waals surface area contributed by atoms with Gasteiger partial charge in [-0.15, -0.1) is 0 Å². The van der Waals surface area contributed by atoms with Gasteiger partial charge in [-0.1, -0.05) is 36.4 Å². The Kier molecular flexibility index (Phi) is 5.12. The molecule has 146 valence electrons. The summed E-state index contributed by atoms with van der Waals surface area (Å²) in [4.78, 5) is 28.8. The van der Waals surface area contributed by atoms with Crippen LogP contribution in [0.2, 0.25) is 0 Å². The van der Waals surface area contributed by atoms with E-state index in [4.69, 9.17) is 5.73 Å². The summed E-state index contributed by atoms with van der Waals surface area (Å²) in [6, 6.07) is 15.6. The lowest BCUT2D eigenvalue weighted by Crippen LogP contribution is -2.46. The van der Waals surface area contributed by atoms with E-state index in [1.165, 1.54) is 0 Å². The van der Waals surface area contributed by atoms with Crippen molar-refractivity contribution < 1.29 is 9.59 Å². The average molecular weight is 385 g/mol. The lowest BCUT2D eigenvalue weighted by Gasteiger charge is -2.27. The maximum Gasteiger partial charge on any atom is 0.251 e. The topological polar surface area (TPSA) is 85.1 Å². The van der Waals surface area contributed by atoms with Gasteiger partial charge in [0.25, 0.3) is 5.91 Å². The molecule has 3 aromatic rings. The normalized spacial score (nSPS) is 18.5. The molecule has 0 spiro atoms. The molecule has 29 heavy (non-hydrogen) atoms. The van der Waals surface area contributed by atoms with Crippen LogP contribution in [0, 0.1) is 12.8 Å². The van der Waals surface area contributed by atoms with Crippen LogP contribution in [0.4, 0.5) is 0 Å². The molecule has 1 heterocycles. The van der Waals surface area contributed by atoms with E-state index < -0.39 is 0 Å². The van der Waals surface area contributed by atoms with Crippen molar-refractivity contribution in [3.8, 4) is 11.1 Å². The fourth-order valence-corrected chi connectivity index (χ4v) is 3.74. The Labute approximate surface area is 169 Å². The number of amides is 2. The largest absolute Gasteiger partial charge is 0.369 e. The fraction of sp³-hybridized carbons (Fsp3) is 0.208. The molecule has 0 fully saturated rings. The number of pyridine rings is 1. The van der Waals surface area contributed by atoms with Crippen molar-refractivity contribution in [2.45, 2.75) is 25.8 Å². The van der Waals surface area contributed by atoms with Gasteiger partial charge in [-0.25, -0.2) is 0 Å². The first-order valence-corrected chi connectivity index (χ1v) is 9.73. The predicted molar refractivity (Wildman–Crippen MR) is 114 cm³/mol. The van der Waals surface area contributed by atoms with Crippen LogP contribution < -0.4 is 11.1 Å². The Hall–Kier alpha value is -3.47. The van der Waals surface area contributed by atoms with Crippen LogP contribution in [0.1, 0.15) is 28.9 Å². The summed E-state index contributed by atoms with van der Waals surface area (Å²) in [6.07, 6.45) is 6.96. The molecule has 0 radical (unpaired) electrons. The van der Waals surface area contributed by atoms with Gasteiger partial charge in [-0.2, -0.15) is 0 Å². The first-order valence-electron chi connectivity index (χ1n) is 9.73. The van der Waals surface area contributed by atoms with E-state index in [1.54, 1.807) is 0 Å². The highest BCUT2D eigenvalue weighted by atomic mass is 16.2. The van der Waals surface area contributed by atoms with Crippen LogP contribution in [-0.4, -0.2) is 22.8 Å². The maximum atomic E-state index is 12.7. The van der Waals surface area contributed by atoms with Crippen LogP contribution in [0.25, 0.3) is 21.9 Å². The molecule has 0 bridgehead atoms. The molecular weight excluding hydrogens is 362 g/mol. The number of hydrogen-bond donors (Lipinski definition) is 2. The number of benzene rings is 2. The van der Waals surface area contributed by atoms with Gasteiger partial charge < -0.3 is 11.1 Å². The number of aryl methyl sites for hydroxylation is 1. The second kappa shape index (κ2) is 7.87. The standard InChI is InChI=1S/C24H23N3O2/c1-15-6-7-20(14-26-15)18-9-8-17-13-19(11-10-16(17)12-18)24(29)27-22-5-3-2-4-21(22)23(25)28/h2-3,6-14,21-22H,4-5H2,1H3,(H2,25,28)(H,27,29)/t21-,22-/m1/s1. The zero-order valence-electron chi connectivity index (χ0n) is 16.3. The second-order valence-electron chi connectivity index (χ2n) is 7.50. The summed E-state index contributed by atoms with van der Waals surface area (Å²) in [5, 5.41) is 5.01. The lowest BCUT2D eigenvalue weighted by molar-refractivity contribution is -0.122. The van der Waals surface area contributed by atoms with Crippen molar-refractivity contribution in [1.29, 1.82) is 0 Å². The summed E-state index contributed by atoms with van der Waals surface area (Å²) in [5.74, 6) is -0.934. The number of primary amides is 1. The minimum atomic E-state index is -0.378. The average Bonchev–Trinajstić information content (AvgIpc) is 2.73. The number of nitrogens with one attached hydrogen (secondary N) is 1. The number of aromatic nitrogens is 1. The summed E-state index contributed by atoms with van der Waals surface area (Å²) in [6.45, 7) is 1.96. The maximum absolute atomic E-state index is 12.7. The molecule has 0 saturated carbocycles. The number of nitrogens with zero attached hydrogens (tertiary/aromatic N) is 1. The van der Waals surface area contributed by atoms with Crippen LogP contribution >= 0.6 is 0 Å². The first-order chi connectivity index (χ1) is 14.0. The SMILES string of the molecule is Cc1ccc(-c2ccc3cc(C(=O)N[C@@H]4CC=CC[C@H]4C(N)=O)ccc3c2)cn1. The molecule has 5 nitrogen and oxygen atoms in total. The quantitative estimate of drug-likeness (QED) is 0.671. The molecule has 0 unspecified atom stereocenters. The monoisotopic (exact) mass is 385 g/mol. The Morgan fingerprint density at radius 1 is 0.966 bits per heavy atom. The Morgan fingerprint density at radius 2 is 1.69 bits per heavy atom. The highest BCUT2D eigenvalue weighted by Crippen LogP contribution is 2.25. The molecule has 5 heteroatoms. The van der Waals surface area contributed by atoms with Crippen LogP contribution in [0.3, 0.4) is 0 Å². The number of carbonyl (C=O) groups excluding carboxylic acids is 2. The molecule has 1 aliphatic rings. The summed E-state index contributed by atoms with van der Waals surface area (Å²) < 4.78 is 0.